The monoisotopic (exact) mass is 417 g/mol. The van der Waals surface area contributed by atoms with Crippen LogP contribution in [0.25, 0.3) is 0 Å². The van der Waals surface area contributed by atoms with E-state index in [-0.39, 0.29) is 11.4 Å². The molecule has 28 heavy (non-hydrogen) atoms. The molecule has 0 bridgehead atoms. The normalized spacial score (nSPS) is 18.0. The van der Waals surface area contributed by atoms with Crippen LogP contribution in [0.4, 0.5) is 5.69 Å². The molecule has 2 aromatic carbocycles. The van der Waals surface area contributed by atoms with Crippen molar-refractivity contribution in [3.8, 4) is 0 Å². The average molecular weight is 418 g/mol. The molecule has 1 fully saturated rings. The fourth-order valence-electron chi connectivity index (χ4n) is 3.50. The number of amides is 1. The maximum Gasteiger partial charge on any atom is 0.286 e. The molecule has 4 rings (SSSR count). The molecule has 6 nitrogen and oxygen atoms in total. The number of benzene rings is 2. The van der Waals surface area contributed by atoms with E-state index < -0.39 is 20.8 Å². The quantitative estimate of drug-likeness (QED) is 0.767. The van der Waals surface area contributed by atoms with E-state index in [0.29, 0.717) is 23.8 Å². The van der Waals surface area contributed by atoms with Crippen LogP contribution < -0.4 is 5.01 Å². The fraction of sp³-hybridized carbons (Fsp3) is 0.300. The number of aryl methyl sites for hydroxylation is 1. The van der Waals surface area contributed by atoms with Gasteiger partial charge in [0.2, 0.25) is 14.9 Å². The Morgan fingerprint density at radius 2 is 1.86 bits per heavy atom. The number of sulfone groups is 1. The molecule has 0 atom stereocenters. The first-order valence-electron chi connectivity index (χ1n) is 9.12. The Hall–Kier alpha value is -2.38. The lowest BCUT2D eigenvalue weighted by molar-refractivity contribution is -0.122. The van der Waals surface area contributed by atoms with Crippen LogP contribution in [-0.4, -0.2) is 37.4 Å². The van der Waals surface area contributed by atoms with Gasteiger partial charge in [0.15, 0.2) is 0 Å². The van der Waals surface area contributed by atoms with Crippen LogP contribution in [0.1, 0.15) is 24.0 Å². The third-order valence-corrected chi connectivity index (χ3v) is 7.06. The van der Waals surface area contributed by atoms with Crippen LogP contribution in [0.15, 0.2) is 52.5 Å². The molecular weight excluding hydrogens is 398 g/mol. The van der Waals surface area contributed by atoms with Crippen molar-refractivity contribution in [3.05, 3.63) is 58.6 Å². The molecule has 0 spiro atoms. The lowest BCUT2D eigenvalue weighted by atomic mass is 10.2. The number of nitrogens with zero attached hydrogens (tertiary/aromatic N) is 3. The molecule has 0 aromatic heterocycles. The summed E-state index contributed by atoms with van der Waals surface area (Å²) in [5, 5.41) is 6.02. The molecule has 2 aromatic rings. The summed E-state index contributed by atoms with van der Waals surface area (Å²) in [4.78, 5) is 14.6. The van der Waals surface area contributed by atoms with Gasteiger partial charge in [0.05, 0.1) is 17.1 Å². The summed E-state index contributed by atoms with van der Waals surface area (Å²) in [6.45, 7) is 3.26. The Labute approximate surface area is 169 Å². The number of fused-ring (bicyclic) bond motifs is 1. The molecule has 0 radical (unpaired) electrons. The average Bonchev–Trinajstić information content (AvgIpc) is 3.19. The van der Waals surface area contributed by atoms with Gasteiger partial charge in [-0.15, -0.1) is 0 Å². The van der Waals surface area contributed by atoms with Gasteiger partial charge in [-0.25, -0.2) is 8.42 Å². The standard InChI is InChI=1S/C20H20ClN3O3S/c1-14-8-9-18-17(12-14)24(13-15-6-2-3-7-16(15)21)22-19(28(18,26)27)20(25)23-10-4-5-11-23/h2-3,6-9,12H,4-5,10-11,13H2,1H3. The number of hydrogen-bond acceptors (Lipinski definition) is 5. The van der Waals surface area contributed by atoms with Crippen LogP contribution in [0, 0.1) is 6.92 Å². The molecule has 2 aliphatic rings. The first-order valence-corrected chi connectivity index (χ1v) is 11.0. The van der Waals surface area contributed by atoms with Crippen LogP contribution >= 0.6 is 11.6 Å². The van der Waals surface area contributed by atoms with E-state index >= 15 is 0 Å². The molecule has 146 valence electrons. The zero-order chi connectivity index (χ0) is 19.9. The molecule has 0 saturated carbocycles. The number of carbonyl (C=O) groups is 1. The number of carbonyl (C=O) groups excluding carboxylic acids is 1. The summed E-state index contributed by atoms with van der Waals surface area (Å²) in [6, 6.07) is 12.4. The zero-order valence-electron chi connectivity index (χ0n) is 15.4. The number of rotatable bonds is 3. The van der Waals surface area contributed by atoms with E-state index in [1.54, 1.807) is 34.2 Å². The van der Waals surface area contributed by atoms with Gasteiger partial charge in [-0.05, 0) is 49.1 Å². The van der Waals surface area contributed by atoms with Crippen LogP contribution in [0.2, 0.25) is 5.02 Å². The highest BCUT2D eigenvalue weighted by Gasteiger charge is 2.40. The smallest absolute Gasteiger partial charge is 0.286 e. The van der Waals surface area contributed by atoms with E-state index in [9.17, 15) is 13.2 Å². The van der Waals surface area contributed by atoms with E-state index in [1.807, 2.05) is 25.1 Å². The third kappa shape index (κ3) is 3.29. The number of likely N-dealkylation sites (tertiary alicyclic amines) is 1. The zero-order valence-corrected chi connectivity index (χ0v) is 17.0. The first-order chi connectivity index (χ1) is 13.4. The Morgan fingerprint density at radius 3 is 2.57 bits per heavy atom. The van der Waals surface area contributed by atoms with Crippen molar-refractivity contribution in [2.75, 3.05) is 18.1 Å². The van der Waals surface area contributed by atoms with Crippen LogP contribution in [0.5, 0.6) is 0 Å². The van der Waals surface area contributed by atoms with Gasteiger partial charge < -0.3 is 4.90 Å². The minimum absolute atomic E-state index is 0.0997. The lowest BCUT2D eigenvalue weighted by Gasteiger charge is -2.29. The van der Waals surface area contributed by atoms with E-state index in [0.717, 1.165) is 24.0 Å². The predicted octanol–water partition coefficient (Wildman–Crippen LogP) is 3.38. The topological polar surface area (TPSA) is 70.1 Å². The van der Waals surface area contributed by atoms with Gasteiger partial charge in [0.1, 0.15) is 0 Å². The third-order valence-electron chi connectivity index (χ3n) is 5.00. The second-order valence-corrected chi connectivity index (χ2v) is 9.27. The van der Waals surface area contributed by atoms with Crippen LogP contribution in [0.3, 0.4) is 0 Å². The minimum atomic E-state index is -3.99. The first kappa shape index (κ1) is 19.0. The van der Waals surface area contributed by atoms with Gasteiger partial charge in [-0.1, -0.05) is 35.9 Å². The van der Waals surface area contributed by atoms with Gasteiger partial charge in [-0.2, -0.15) is 5.10 Å². The van der Waals surface area contributed by atoms with Crippen LogP contribution in [-0.2, 0) is 21.2 Å². The van der Waals surface area contributed by atoms with Crippen molar-refractivity contribution < 1.29 is 13.2 Å². The number of anilines is 1. The number of halogens is 1. The van der Waals surface area contributed by atoms with Gasteiger partial charge in [0.25, 0.3) is 5.91 Å². The maximum absolute atomic E-state index is 13.1. The van der Waals surface area contributed by atoms with Crippen molar-refractivity contribution in [2.24, 2.45) is 5.10 Å². The van der Waals surface area contributed by atoms with Crippen molar-refractivity contribution in [2.45, 2.75) is 31.2 Å². The minimum Gasteiger partial charge on any atom is -0.337 e. The van der Waals surface area contributed by atoms with E-state index in [2.05, 4.69) is 5.10 Å². The van der Waals surface area contributed by atoms with E-state index in [4.69, 9.17) is 11.6 Å². The molecular formula is C20H20ClN3O3S. The lowest BCUT2D eigenvalue weighted by Crippen LogP contribution is -2.42. The summed E-state index contributed by atoms with van der Waals surface area (Å²) >= 11 is 6.29. The summed E-state index contributed by atoms with van der Waals surface area (Å²) < 4.78 is 26.3. The van der Waals surface area contributed by atoms with Gasteiger partial charge in [-0.3, -0.25) is 9.80 Å². The van der Waals surface area contributed by atoms with Crippen molar-refractivity contribution in [3.63, 3.8) is 0 Å². The SMILES string of the molecule is Cc1ccc2c(c1)N(Cc1ccccc1Cl)N=C(C(=O)N1CCCC1)S2(=O)=O. The summed E-state index contributed by atoms with van der Waals surface area (Å²) in [5.41, 5.74) is 2.16. The molecule has 0 unspecified atom stereocenters. The molecule has 1 amide bonds. The Bertz CT molecular complexity index is 1080. The summed E-state index contributed by atoms with van der Waals surface area (Å²) in [7, 11) is -3.99. The second kappa shape index (κ2) is 7.22. The van der Waals surface area contributed by atoms with Gasteiger partial charge >= 0.3 is 0 Å². The van der Waals surface area contributed by atoms with Crippen molar-refractivity contribution in [1.29, 1.82) is 0 Å². The molecule has 2 aliphatic heterocycles. The molecule has 0 aliphatic carbocycles. The Morgan fingerprint density at radius 1 is 1.14 bits per heavy atom. The molecule has 2 heterocycles. The Kier molecular flexibility index (Phi) is 4.89. The highest BCUT2D eigenvalue weighted by Crippen LogP contribution is 2.35. The van der Waals surface area contributed by atoms with Gasteiger partial charge in [0, 0.05) is 18.1 Å². The number of hydrogen-bond donors (Lipinski definition) is 0. The predicted molar refractivity (Wildman–Crippen MR) is 109 cm³/mol. The van der Waals surface area contributed by atoms with Crippen molar-refractivity contribution >= 4 is 38.1 Å². The van der Waals surface area contributed by atoms with E-state index in [1.165, 1.54) is 0 Å². The maximum atomic E-state index is 13.1. The summed E-state index contributed by atoms with van der Waals surface area (Å²) in [6.07, 6.45) is 1.75. The highest BCUT2D eigenvalue weighted by atomic mass is 35.5. The molecule has 1 saturated heterocycles. The highest BCUT2D eigenvalue weighted by molar-refractivity contribution is 8.08. The molecule has 0 N–H and O–H groups in total. The largest absolute Gasteiger partial charge is 0.337 e. The van der Waals surface area contributed by atoms with Crippen molar-refractivity contribution in [1.82, 2.24) is 4.90 Å². The summed E-state index contributed by atoms with van der Waals surface area (Å²) in [5.74, 6) is -0.534. The Balaban J connectivity index is 1.82. The fourth-order valence-corrected chi connectivity index (χ4v) is 5.16. The number of hydrazone groups is 1. The molecule has 8 heteroatoms. The second-order valence-electron chi connectivity index (χ2n) is 7.03.